The first-order valence-electron chi connectivity index (χ1n) is 11.3. The highest BCUT2D eigenvalue weighted by Gasteiger charge is 2.50. The van der Waals surface area contributed by atoms with E-state index in [0.29, 0.717) is 42.3 Å². The average molecular weight is 492 g/mol. The van der Waals surface area contributed by atoms with Gasteiger partial charge in [-0.2, -0.15) is 0 Å². The summed E-state index contributed by atoms with van der Waals surface area (Å²) in [5.74, 6) is 0.405. The van der Waals surface area contributed by atoms with Crippen LogP contribution in [0.5, 0.6) is 11.5 Å². The van der Waals surface area contributed by atoms with Gasteiger partial charge in [0.05, 0.1) is 19.9 Å². The van der Waals surface area contributed by atoms with E-state index in [1.165, 1.54) is 11.0 Å². The molecule has 186 valence electrons. The SMILES string of the molecule is COc1cc2c(cc1OC)CN(C(=O)CN1C(=O)NC(C)(c3cccc(-n4cnnn4)c3)C1=O)CC2. The number of imide groups is 1. The topological polar surface area (TPSA) is 132 Å². The number of carbonyl (C=O) groups is 3. The molecule has 1 atom stereocenters. The van der Waals surface area contributed by atoms with E-state index in [1.54, 1.807) is 50.3 Å². The van der Waals surface area contributed by atoms with Crippen molar-refractivity contribution in [3.05, 3.63) is 59.4 Å². The summed E-state index contributed by atoms with van der Waals surface area (Å²) in [6.45, 7) is 2.09. The van der Waals surface area contributed by atoms with E-state index in [9.17, 15) is 14.4 Å². The van der Waals surface area contributed by atoms with Crippen LogP contribution in [-0.4, -0.2) is 75.2 Å². The maximum absolute atomic E-state index is 13.4. The number of carbonyl (C=O) groups excluding carboxylic acids is 3. The fourth-order valence-electron chi connectivity index (χ4n) is 4.61. The molecular formula is C24H25N7O5. The smallest absolute Gasteiger partial charge is 0.325 e. The molecule has 3 heterocycles. The van der Waals surface area contributed by atoms with Crippen molar-refractivity contribution in [2.45, 2.75) is 25.4 Å². The molecule has 0 spiro atoms. The molecule has 2 aliphatic rings. The molecule has 1 aromatic heterocycles. The van der Waals surface area contributed by atoms with Crippen LogP contribution >= 0.6 is 0 Å². The van der Waals surface area contributed by atoms with E-state index in [0.717, 1.165) is 16.0 Å². The average Bonchev–Trinajstić information content (AvgIpc) is 3.51. The molecule has 1 fully saturated rings. The van der Waals surface area contributed by atoms with E-state index in [1.807, 2.05) is 12.1 Å². The van der Waals surface area contributed by atoms with Crippen LogP contribution in [0.15, 0.2) is 42.7 Å². The molecule has 4 amide bonds. The third-order valence-electron chi connectivity index (χ3n) is 6.68. The fraction of sp³-hybridized carbons (Fsp3) is 0.333. The number of nitrogens with one attached hydrogen (secondary N) is 1. The van der Waals surface area contributed by atoms with Crippen molar-refractivity contribution < 1.29 is 23.9 Å². The normalized spacial score (nSPS) is 19.2. The molecule has 1 N–H and O–H groups in total. The van der Waals surface area contributed by atoms with Crippen LogP contribution in [0.1, 0.15) is 23.6 Å². The number of hydrogen-bond donors (Lipinski definition) is 1. The highest BCUT2D eigenvalue weighted by Crippen LogP contribution is 2.34. The number of methoxy groups -OCH3 is 2. The van der Waals surface area contributed by atoms with Gasteiger partial charge in [-0.05, 0) is 64.7 Å². The van der Waals surface area contributed by atoms with Gasteiger partial charge < -0.3 is 19.7 Å². The van der Waals surface area contributed by atoms with E-state index < -0.39 is 17.5 Å². The van der Waals surface area contributed by atoms with Crippen LogP contribution in [0.2, 0.25) is 0 Å². The van der Waals surface area contributed by atoms with Crippen LogP contribution in [0.25, 0.3) is 5.69 Å². The molecule has 1 unspecified atom stereocenters. The summed E-state index contributed by atoms with van der Waals surface area (Å²) in [7, 11) is 3.14. The third kappa shape index (κ3) is 3.89. The summed E-state index contributed by atoms with van der Waals surface area (Å²) in [4.78, 5) is 42.0. The van der Waals surface area contributed by atoms with Crippen molar-refractivity contribution in [2.24, 2.45) is 0 Å². The Morgan fingerprint density at radius 1 is 1.11 bits per heavy atom. The minimum Gasteiger partial charge on any atom is -0.493 e. The minimum absolute atomic E-state index is 0.314. The van der Waals surface area contributed by atoms with E-state index >= 15 is 0 Å². The largest absolute Gasteiger partial charge is 0.493 e. The monoisotopic (exact) mass is 491 g/mol. The summed E-state index contributed by atoms with van der Waals surface area (Å²) < 4.78 is 12.2. The summed E-state index contributed by atoms with van der Waals surface area (Å²) >= 11 is 0. The van der Waals surface area contributed by atoms with Crippen molar-refractivity contribution in [2.75, 3.05) is 27.3 Å². The predicted octanol–water partition coefficient (Wildman–Crippen LogP) is 1.03. The Kier molecular flexibility index (Phi) is 5.78. The van der Waals surface area contributed by atoms with Crippen LogP contribution in [0, 0.1) is 0 Å². The highest BCUT2D eigenvalue weighted by atomic mass is 16.5. The number of tetrazole rings is 1. The Hall–Kier alpha value is -4.48. The van der Waals surface area contributed by atoms with Crippen molar-refractivity contribution in [1.29, 1.82) is 0 Å². The van der Waals surface area contributed by atoms with Gasteiger partial charge in [-0.25, -0.2) is 9.48 Å². The Labute approximate surface area is 206 Å². The van der Waals surface area contributed by atoms with Crippen molar-refractivity contribution in [3.63, 3.8) is 0 Å². The van der Waals surface area contributed by atoms with Crippen LogP contribution in [0.4, 0.5) is 4.79 Å². The van der Waals surface area contributed by atoms with E-state index in [2.05, 4.69) is 20.8 Å². The maximum atomic E-state index is 13.4. The summed E-state index contributed by atoms with van der Waals surface area (Å²) in [6, 6.07) is 10.2. The molecule has 12 nitrogen and oxygen atoms in total. The van der Waals surface area contributed by atoms with Crippen LogP contribution in [-0.2, 0) is 28.1 Å². The number of ether oxygens (including phenoxy) is 2. The van der Waals surface area contributed by atoms with Gasteiger partial charge in [0.2, 0.25) is 5.91 Å². The second kappa shape index (κ2) is 8.95. The second-order valence-corrected chi connectivity index (χ2v) is 8.79. The summed E-state index contributed by atoms with van der Waals surface area (Å²) in [5.41, 5.74) is 1.86. The molecule has 2 aromatic carbocycles. The maximum Gasteiger partial charge on any atom is 0.325 e. The number of urea groups is 1. The zero-order chi connectivity index (χ0) is 25.4. The molecule has 0 saturated carbocycles. The van der Waals surface area contributed by atoms with Gasteiger partial charge in [0.1, 0.15) is 18.4 Å². The number of nitrogens with zero attached hydrogens (tertiary/aromatic N) is 6. The molecule has 12 heteroatoms. The Balaban J connectivity index is 1.32. The molecule has 5 rings (SSSR count). The molecule has 1 saturated heterocycles. The molecule has 0 aliphatic carbocycles. The molecule has 36 heavy (non-hydrogen) atoms. The number of amides is 4. The van der Waals surface area contributed by atoms with Gasteiger partial charge in [-0.3, -0.25) is 14.5 Å². The standard InChI is InChI=1S/C24H25N7O5/c1-24(17-5-4-6-18(11-17)31-14-25-27-28-31)22(33)30(23(34)26-24)13-21(32)29-8-7-15-9-19(35-2)20(36-3)10-16(15)12-29/h4-6,9-11,14H,7-8,12-13H2,1-3H3,(H,26,34). The quantitative estimate of drug-likeness (QED) is 0.506. The lowest BCUT2D eigenvalue weighted by Gasteiger charge is -2.30. The molecule has 2 aliphatic heterocycles. The number of hydrogen-bond acceptors (Lipinski definition) is 8. The molecule has 0 bridgehead atoms. The zero-order valence-electron chi connectivity index (χ0n) is 20.1. The Bertz CT molecular complexity index is 1340. The minimum atomic E-state index is -1.33. The van der Waals surface area contributed by atoms with Crippen molar-refractivity contribution in [3.8, 4) is 17.2 Å². The second-order valence-electron chi connectivity index (χ2n) is 8.79. The van der Waals surface area contributed by atoms with Crippen LogP contribution in [0.3, 0.4) is 0 Å². The molecule has 0 radical (unpaired) electrons. The Morgan fingerprint density at radius 3 is 2.56 bits per heavy atom. The van der Waals surface area contributed by atoms with Gasteiger partial charge in [0.25, 0.3) is 5.91 Å². The zero-order valence-corrected chi connectivity index (χ0v) is 20.1. The highest BCUT2D eigenvalue weighted by molar-refractivity contribution is 6.09. The van der Waals surface area contributed by atoms with E-state index in [-0.39, 0.29) is 12.5 Å². The summed E-state index contributed by atoms with van der Waals surface area (Å²) in [6.07, 6.45) is 2.06. The number of fused-ring (bicyclic) bond motifs is 1. The molecule has 3 aromatic rings. The van der Waals surface area contributed by atoms with Crippen molar-refractivity contribution >= 4 is 17.8 Å². The first kappa shape index (κ1) is 23.3. The third-order valence-corrected chi connectivity index (χ3v) is 6.68. The lowest BCUT2D eigenvalue weighted by molar-refractivity contribution is -0.139. The van der Waals surface area contributed by atoms with Gasteiger partial charge in [0, 0.05) is 13.1 Å². The van der Waals surface area contributed by atoms with Gasteiger partial charge in [-0.1, -0.05) is 12.1 Å². The van der Waals surface area contributed by atoms with Crippen molar-refractivity contribution in [1.82, 2.24) is 35.3 Å². The van der Waals surface area contributed by atoms with Gasteiger partial charge in [-0.15, -0.1) is 5.10 Å². The molecular weight excluding hydrogens is 466 g/mol. The predicted molar refractivity (Wildman–Crippen MR) is 125 cm³/mol. The lowest BCUT2D eigenvalue weighted by Crippen LogP contribution is -2.45. The number of aromatic nitrogens is 4. The van der Waals surface area contributed by atoms with E-state index in [4.69, 9.17) is 9.47 Å². The first-order chi connectivity index (χ1) is 17.3. The number of rotatable bonds is 6. The Morgan fingerprint density at radius 2 is 1.86 bits per heavy atom. The van der Waals surface area contributed by atoms with Crippen LogP contribution < -0.4 is 14.8 Å². The lowest BCUT2D eigenvalue weighted by atomic mass is 9.91. The first-order valence-corrected chi connectivity index (χ1v) is 11.3. The van der Waals surface area contributed by atoms with Gasteiger partial charge >= 0.3 is 6.03 Å². The number of benzene rings is 2. The fourth-order valence-corrected chi connectivity index (χ4v) is 4.61. The van der Waals surface area contributed by atoms with Gasteiger partial charge in [0.15, 0.2) is 11.5 Å². The summed E-state index contributed by atoms with van der Waals surface area (Å²) in [5, 5.41) is 13.9.